The average Bonchev–Trinajstić information content (AvgIpc) is 3.37. The van der Waals surface area contributed by atoms with E-state index in [-0.39, 0.29) is 18.0 Å². The molecule has 34 heavy (non-hydrogen) atoms. The molecule has 3 saturated heterocycles. The number of aromatic nitrogens is 1. The summed E-state index contributed by atoms with van der Waals surface area (Å²) in [6.07, 6.45) is 3.12. The number of fused-ring (bicyclic) bond motifs is 3. The Morgan fingerprint density at radius 2 is 1.65 bits per heavy atom. The highest BCUT2D eigenvalue weighted by atomic mass is 16.5. The number of piperidine rings is 3. The van der Waals surface area contributed by atoms with Gasteiger partial charge in [0.25, 0.3) is 5.91 Å². The van der Waals surface area contributed by atoms with Crippen LogP contribution in [0, 0.1) is 5.92 Å². The first-order valence-corrected chi connectivity index (χ1v) is 11.9. The molecule has 7 nitrogen and oxygen atoms in total. The van der Waals surface area contributed by atoms with Crippen molar-refractivity contribution in [3.8, 4) is 0 Å². The monoisotopic (exact) mass is 460 g/mol. The minimum atomic E-state index is -0.913. The number of esters is 1. The van der Waals surface area contributed by atoms with Gasteiger partial charge >= 0.3 is 5.97 Å². The third kappa shape index (κ3) is 4.23. The Kier molecular flexibility index (Phi) is 5.96. The smallest absolute Gasteiger partial charge is 0.321 e. The number of hydrogen-bond acceptors (Lipinski definition) is 5. The molecule has 3 aromatic rings. The van der Waals surface area contributed by atoms with Crippen LogP contribution < -0.4 is 5.32 Å². The Morgan fingerprint density at radius 1 is 1.03 bits per heavy atom. The van der Waals surface area contributed by atoms with Crippen molar-refractivity contribution in [3.63, 3.8) is 0 Å². The Morgan fingerprint density at radius 3 is 2.21 bits per heavy atom. The van der Waals surface area contributed by atoms with Crippen molar-refractivity contribution in [2.24, 2.45) is 5.92 Å². The minimum absolute atomic E-state index is 0.0993. The molecule has 0 saturated carbocycles. The summed E-state index contributed by atoms with van der Waals surface area (Å²) in [7, 11) is 0. The standard InChI is InChI=1S/C27H29N3O4/c1-27(21-8-4-2-5-9-21,22-10-6-3-7-11-22)26(32)34-23-18-30(15-12-20(23)13-16-30)19-25(31)28-24-14-17-33-29-24/h2-11,14,17,20,23H,12-13,15-16,18-19H2,1H3/p+1. The van der Waals surface area contributed by atoms with Crippen LogP contribution in [0.2, 0.25) is 0 Å². The van der Waals surface area contributed by atoms with E-state index in [2.05, 4.69) is 10.5 Å². The summed E-state index contributed by atoms with van der Waals surface area (Å²) in [5.74, 6) is 0.407. The molecule has 6 rings (SSSR count). The molecule has 1 atom stereocenters. The maximum absolute atomic E-state index is 13.8. The summed E-state index contributed by atoms with van der Waals surface area (Å²) in [4.78, 5) is 26.5. The van der Waals surface area contributed by atoms with E-state index in [0.717, 1.165) is 37.1 Å². The van der Waals surface area contributed by atoms with Gasteiger partial charge in [0.2, 0.25) is 0 Å². The van der Waals surface area contributed by atoms with Crippen LogP contribution in [0.1, 0.15) is 30.9 Å². The Balaban J connectivity index is 1.34. The second-order valence-corrected chi connectivity index (χ2v) is 9.70. The highest BCUT2D eigenvalue weighted by Gasteiger charge is 2.50. The number of nitrogens with one attached hydrogen (secondary N) is 1. The molecule has 1 N–H and O–H groups in total. The molecule has 3 aliphatic rings. The number of carbonyl (C=O) groups excluding carboxylic acids is 2. The van der Waals surface area contributed by atoms with E-state index >= 15 is 0 Å². The first-order valence-electron chi connectivity index (χ1n) is 11.9. The lowest BCUT2D eigenvalue weighted by Crippen LogP contribution is -2.66. The summed E-state index contributed by atoms with van der Waals surface area (Å²) < 4.78 is 11.7. The van der Waals surface area contributed by atoms with Crippen molar-refractivity contribution in [2.75, 3.05) is 31.5 Å². The quantitative estimate of drug-likeness (QED) is 0.429. The zero-order chi connectivity index (χ0) is 23.6. The Labute approximate surface area is 199 Å². The van der Waals surface area contributed by atoms with E-state index in [1.165, 1.54) is 6.26 Å². The lowest BCUT2D eigenvalue weighted by Gasteiger charge is -2.51. The summed E-state index contributed by atoms with van der Waals surface area (Å²) in [5.41, 5.74) is 0.899. The van der Waals surface area contributed by atoms with Gasteiger partial charge in [0.1, 0.15) is 18.2 Å². The molecule has 0 spiro atoms. The zero-order valence-electron chi connectivity index (χ0n) is 19.4. The van der Waals surface area contributed by atoms with Crippen LogP contribution in [-0.2, 0) is 19.7 Å². The number of anilines is 1. The maximum Gasteiger partial charge on any atom is 0.321 e. The molecule has 7 heteroatoms. The molecule has 3 aliphatic heterocycles. The summed E-state index contributed by atoms with van der Waals surface area (Å²) in [6.45, 7) is 4.76. The van der Waals surface area contributed by atoms with Gasteiger partial charge in [-0.25, -0.2) is 0 Å². The molecule has 0 radical (unpaired) electrons. The summed E-state index contributed by atoms with van der Waals surface area (Å²) in [5, 5.41) is 6.56. The van der Waals surface area contributed by atoms with E-state index < -0.39 is 5.41 Å². The van der Waals surface area contributed by atoms with Crippen molar-refractivity contribution in [1.82, 2.24) is 5.16 Å². The molecular formula is C27H30N3O4+. The first-order chi connectivity index (χ1) is 16.5. The van der Waals surface area contributed by atoms with Crippen LogP contribution >= 0.6 is 0 Å². The molecule has 2 bridgehead atoms. The molecule has 1 aromatic heterocycles. The van der Waals surface area contributed by atoms with Crippen LogP contribution in [0.15, 0.2) is 77.5 Å². The van der Waals surface area contributed by atoms with Crippen molar-refractivity contribution in [3.05, 3.63) is 84.1 Å². The van der Waals surface area contributed by atoms with Gasteiger partial charge in [0, 0.05) is 24.8 Å². The molecule has 1 amide bonds. The summed E-state index contributed by atoms with van der Waals surface area (Å²) >= 11 is 0. The molecule has 0 aliphatic carbocycles. The van der Waals surface area contributed by atoms with Crippen LogP contribution in [-0.4, -0.2) is 53.8 Å². The number of quaternary nitrogens is 1. The van der Waals surface area contributed by atoms with Gasteiger partial charge in [-0.1, -0.05) is 65.8 Å². The molecule has 4 heterocycles. The molecular weight excluding hydrogens is 430 g/mol. The normalized spacial score (nSPS) is 23.9. The second-order valence-electron chi connectivity index (χ2n) is 9.70. The maximum atomic E-state index is 13.8. The SMILES string of the molecule is CC(C(=O)OC1C[N+]2(CC(=O)Nc3ccon3)CCC1CC2)(c1ccccc1)c1ccccc1. The number of ether oxygens (including phenoxy) is 1. The highest BCUT2D eigenvalue weighted by molar-refractivity contribution is 5.90. The number of benzene rings is 2. The lowest BCUT2D eigenvalue weighted by molar-refractivity contribution is -0.939. The van der Waals surface area contributed by atoms with Gasteiger partial charge in [-0.3, -0.25) is 9.59 Å². The Bertz CT molecular complexity index is 1080. The first kappa shape index (κ1) is 22.3. The third-order valence-electron chi connectivity index (χ3n) is 7.59. The van der Waals surface area contributed by atoms with E-state index in [9.17, 15) is 9.59 Å². The average molecular weight is 461 g/mol. The second kappa shape index (κ2) is 9.06. The van der Waals surface area contributed by atoms with Crippen LogP contribution in [0.3, 0.4) is 0 Å². The van der Waals surface area contributed by atoms with Crippen molar-refractivity contribution < 1.29 is 23.3 Å². The number of carbonyl (C=O) groups is 2. The van der Waals surface area contributed by atoms with E-state index in [0.29, 0.717) is 29.3 Å². The van der Waals surface area contributed by atoms with Gasteiger partial charge in [-0.2, -0.15) is 0 Å². The highest BCUT2D eigenvalue weighted by Crippen LogP contribution is 2.39. The van der Waals surface area contributed by atoms with Gasteiger partial charge in [-0.15, -0.1) is 0 Å². The largest absolute Gasteiger partial charge is 0.455 e. The van der Waals surface area contributed by atoms with Crippen LogP contribution in [0.5, 0.6) is 0 Å². The molecule has 1 unspecified atom stereocenters. The molecule has 3 fully saturated rings. The van der Waals surface area contributed by atoms with Crippen molar-refractivity contribution in [2.45, 2.75) is 31.3 Å². The van der Waals surface area contributed by atoms with Crippen molar-refractivity contribution >= 4 is 17.7 Å². The number of rotatable bonds is 7. The van der Waals surface area contributed by atoms with E-state index in [4.69, 9.17) is 9.26 Å². The predicted octanol–water partition coefficient (Wildman–Crippen LogP) is 3.77. The lowest BCUT2D eigenvalue weighted by atomic mass is 9.76. The summed E-state index contributed by atoms with van der Waals surface area (Å²) in [6, 6.07) is 21.2. The van der Waals surface area contributed by atoms with Crippen LogP contribution in [0.4, 0.5) is 5.82 Å². The molecule has 176 valence electrons. The van der Waals surface area contributed by atoms with E-state index in [1.807, 2.05) is 67.6 Å². The topological polar surface area (TPSA) is 81.4 Å². The zero-order valence-corrected chi connectivity index (χ0v) is 19.4. The predicted molar refractivity (Wildman–Crippen MR) is 127 cm³/mol. The number of nitrogens with zero attached hydrogens (tertiary/aromatic N) is 2. The Hall–Kier alpha value is -3.45. The number of amides is 1. The van der Waals surface area contributed by atoms with Gasteiger partial charge in [0.15, 0.2) is 18.5 Å². The van der Waals surface area contributed by atoms with Gasteiger partial charge in [-0.05, 0) is 18.1 Å². The fourth-order valence-corrected chi connectivity index (χ4v) is 5.54. The van der Waals surface area contributed by atoms with Gasteiger partial charge < -0.3 is 19.1 Å². The number of hydrogen-bond donors (Lipinski definition) is 1. The third-order valence-corrected chi connectivity index (χ3v) is 7.59. The minimum Gasteiger partial charge on any atom is -0.455 e. The van der Waals surface area contributed by atoms with Crippen molar-refractivity contribution in [1.29, 1.82) is 0 Å². The molecule has 2 aromatic carbocycles. The van der Waals surface area contributed by atoms with Gasteiger partial charge in [0.05, 0.1) is 13.1 Å². The fraction of sp³-hybridized carbons (Fsp3) is 0.370. The van der Waals surface area contributed by atoms with E-state index in [1.54, 1.807) is 6.07 Å². The fourth-order valence-electron chi connectivity index (χ4n) is 5.54. The van der Waals surface area contributed by atoms with Crippen LogP contribution in [0.25, 0.3) is 0 Å².